The van der Waals surface area contributed by atoms with Crippen LogP contribution >= 0.6 is 0 Å². The molecule has 0 aliphatic heterocycles. The standard InChI is InChI=1S/C10H14O2/c11-9-7-4-8(10(9)12)6-3-1-2-5(6)7/h1-2,5-12H,3-4H2/t5-,6+,7+,8-,9?,10?/m0/s1. The van der Waals surface area contributed by atoms with Gasteiger partial charge in [0.05, 0.1) is 12.2 Å². The molecule has 2 N–H and O–H groups in total. The third-order valence-corrected chi connectivity index (χ3v) is 4.08. The summed E-state index contributed by atoms with van der Waals surface area (Å²) >= 11 is 0. The minimum atomic E-state index is -0.445. The molecular weight excluding hydrogens is 152 g/mol. The number of aliphatic hydroxyl groups excluding tert-OH is 2. The van der Waals surface area contributed by atoms with Crippen molar-refractivity contribution in [2.24, 2.45) is 23.7 Å². The molecule has 0 radical (unpaired) electrons. The van der Waals surface area contributed by atoms with E-state index < -0.39 is 12.2 Å². The fraction of sp³-hybridized carbons (Fsp3) is 0.800. The summed E-state index contributed by atoms with van der Waals surface area (Å²) < 4.78 is 0. The maximum Gasteiger partial charge on any atom is 0.0835 e. The normalized spacial score (nSPS) is 61.2. The van der Waals surface area contributed by atoms with Crippen LogP contribution in [-0.2, 0) is 0 Å². The molecule has 2 unspecified atom stereocenters. The quantitative estimate of drug-likeness (QED) is 0.516. The predicted molar refractivity (Wildman–Crippen MR) is 44.3 cm³/mol. The molecule has 0 spiro atoms. The van der Waals surface area contributed by atoms with E-state index in [9.17, 15) is 10.2 Å². The molecule has 2 heteroatoms. The average Bonchev–Trinajstić information content (AvgIpc) is 2.63. The average molecular weight is 166 g/mol. The maximum atomic E-state index is 9.66. The molecular formula is C10H14O2. The molecule has 2 saturated carbocycles. The summed E-state index contributed by atoms with van der Waals surface area (Å²) in [5.41, 5.74) is 0. The summed E-state index contributed by atoms with van der Waals surface area (Å²) in [5.74, 6) is 1.96. The summed E-state index contributed by atoms with van der Waals surface area (Å²) in [5, 5.41) is 19.3. The molecule has 0 aromatic heterocycles. The van der Waals surface area contributed by atoms with Gasteiger partial charge in [-0.05, 0) is 36.5 Å². The van der Waals surface area contributed by atoms with E-state index in [1.807, 2.05) is 0 Å². The van der Waals surface area contributed by atoms with Crippen molar-refractivity contribution >= 4 is 0 Å². The van der Waals surface area contributed by atoms with Gasteiger partial charge in [-0.2, -0.15) is 0 Å². The van der Waals surface area contributed by atoms with Gasteiger partial charge in [-0.1, -0.05) is 12.2 Å². The first-order chi connectivity index (χ1) is 5.79. The van der Waals surface area contributed by atoms with Gasteiger partial charge < -0.3 is 10.2 Å². The number of rotatable bonds is 0. The van der Waals surface area contributed by atoms with E-state index in [0.717, 1.165) is 12.8 Å². The molecule has 2 bridgehead atoms. The van der Waals surface area contributed by atoms with Crippen LogP contribution in [0, 0.1) is 23.7 Å². The minimum Gasteiger partial charge on any atom is -0.390 e. The van der Waals surface area contributed by atoms with E-state index in [4.69, 9.17) is 0 Å². The van der Waals surface area contributed by atoms with Crippen molar-refractivity contribution in [3.8, 4) is 0 Å². The van der Waals surface area contributed by atoms with E-state index >= 15 is 0 Å². The molecule has 0 aromatic rings. The fourth-order valence-electron chi connectivity index (χ4n) is 3.53. The summed E-state index contributed by atoms with van der Waals surface area (Å²) in [6, 6.07) is 0. The van der Waals surface area contributed by atoms with Gasteiger partial charge in [0, 0.05) is 0 Å². The van der Waals surface area contributed by atoms with Crippen LogP contribution in [0.15, 0.2) is 12.2 Å². The highest BCUT2D eigenvalue weighted by molar-refractivity contribution is 5.16. The van der Waals surface area contributed by atoms with Crippen LogP contribution in [0.1, 0.15) is 12.8 Å². The van der Waals surface area contributed by atoms with Crippen molar-refractivity contribution in [1.82, 2.24) is 0 Å². The molecule has 2 nitrogen and oxygen atoms in total. The molecule has 0 saturated heterocycles. The zero-order valence-electron chi connectivity index (χ0n) is 6.93. The van der Waals surface area contributed by atoms with E-state index in [1.54, 1.807) is 0 Å². The summed E-state index contributed by atoms with van der Waals surface area (Å²) in [6.07, 6.45) is 5.73. The lowest BCUT2D eigenvalue weighted by molar-refractivity contribution is -0.0447. The second-order valence-corrected chi connectivity index (χ2v) is 4.45. The van der Waals surface area contributed by atoms with E-state index in [0.29, 0.717) is 23.7 Å². The monoisotopic (exact) mass is 166 g/mol. The van der Waals surface area contributed by atoms with Gasteiger partial charge in [-0.25, -0.2) is 0 Å². The van der Waals surface area contributed by atoms with Crippen molar-refractivity contribution in [1.29, 1.82) is 0 Å². The van der Waals surface area contributed by atoms with E-state index in [-0.39, 0.29) is 0 Å². The molecule has 3 rings (SSSR count). The SMILES string of the molecule is OC1C(O)[C@@H]2C[C@H]1[C@@H]1CC=C[C@@H]12. The molecule has 6 atom stereocenters. The lowest BCUT2D eigenvalue weighted by Gasteiger charge is -2.32. The number of hydrogen-bond donors (Lipinski definition) is 2. The zero-order chi connectivity index (χ0) is 8.29. The molecule has 3 aliphatic rings. The zero-order valence-corrected chi connectivity index (χ0v) is 6.93. The molecule has 2 fully saturated rings. The van der Waals surface area contributed by atoms with Crippen molar-refractivity contribution in [3.05, 3.63) is 12.2 Å². The van der Waals surface area contributed by atoms with E-state index in [2.05, 4.69) is 12.2 Å². The Hall–Kier alpha value is -0.340. The molecule has 12 heavy (non-hydrogen) atoms. The number of allylic oxidation sites excluding steroid dienone is 2. The molecule has 0 aromatic carbocycles. The van der Waals surface area contributed by atoms with Gasteiger partial charge in [-0.15, -0.1) is 0 Å². The summed E-state index contributed by atoms with van der Waals surface area (Å²) in [6.45, 7) is 0. The summed E-state index contributed by atoms with van der Waals surface area (Å²) in [4.78, 5) is 0. The first-order valence-electron chi connectivity index (χ1n) is 4.82. The predicted octanol–water partition coefficient (Wildman–Crippen LogP) is 0.550. The highest BCUT2D eigenvalue weighted by Gasteiger charge is 2.56. The Balaban J connectivity index is 1.95. The van der Waals surface area contributed by atoms with Crippen molar-refractivity contribution in [3.63, 3.8) is 0 Å². The van der Waals surface area contributed by atoms with Gasteiger partial charge in [0.15, 0.2) is 0 Å². The lowest BCUT2D eigenvalue weighted by atomic mass is 9.78. The Kier molecular flexibility index (Phi) is 1.25. The van der Waals surface area contributed by atoms with E-state index in [1.165, 1.54) is 0 Å². The Labute approximate surface area is 71.9 Å². The van der Waals surface area contributed by atoms with Gasteiger partial charge in [-0.3, -0.25) is 0 Å². The number of aliphatic hydroxyl groups is 2. The molecule has 0 heterocycles. The van der Waals surface area contributed by atoms with Crippen LogP contribution in [-0.4, -0.2) is 22.4 Å². The first-order valence-corrected chi connectivity index (χ1v) is 4.82. The maximum absolute atomic E-state index is 9.66. The highest BCUT2D eigenvalue weighted by atomic mass is 16.3. The number of fused-ring (bicyclic) bond motifs is 5. The molecule has 0 amide bonds. The van der Waals surface area contributed by atoms with Gasteiger partial charge in [0.2, 0.25) is 0 Å². The van der Waals surface area contributed by atoms with Crippen LogP contribution in [0.25, 0.3) is 0 Å². The Morgan fingerprint density at radius 3 is 2.58 bits per heavy atom. The largest absolute Gasteiger partial charge is 0.390 e. The van der Waals surface area contributed by atoms with Gasteiger partial charge >= 0.3 is 0 Å². The van der Waals surface area contributed by atoms with Crippen LogP contribution in [0.4, 0.5) is 0 Å². The Bertz CT molecular complexity index is 236. The van der Waals surface area contributed by atoms with Gasteiger partial charge in [0.1, 0.15) is 0 Å². The minimum absolute atomic E-state index is 0.355. The van der Waals surface area contributed by atoms with Gasteiger partial charge in [0.25, 0.3) is 0 Å². The first kappa shape index (κ1) is 7.10. The Morgan fingerprint density at radius 1 is 1.00 bits per heavy atom. The second kappa shape index (κ2) is 2.12. The summed E-state index contributed by atoms with van der Waals surface area (Å²) in [7, 11) is 0. The Morgan fingerprint density at radius 2 is 1.75 bits per heavy atom. The third-order valence-electron chi connectivity index (χ3n) is 4.08. The van der Waals surface area contributed by atoms with Crippen molar-refractivity contribution in [2.45, 2.75) is 25.0 Å². The third kappa shape index (κ3) is 0.639. The lowest BCUT2D eigenvalue weighted by Crippen LogP contribution is -2.39. The highest BCUT2D eigenvalue weighted by Crippen LogP contribution is 2.56. The van der Waals surface area contributed by atoms with Crippen molar-refractivity contribution < 1.29 is 10.2 Å². The van der Waals surface area contributed by atoms with Crippen LogP contribution in [0.2, 0.25) is 0 Å². The van der Waals surface area contributed by atoms with Crippen LogP contribution < -0.4 is 0 Å². The smallest absolute Gasteiger partial charge is 0.0835 e. The second-order valence-electron chi connectivity index (χ2n) is 4.45. The number of hydrogen-bond acceptors (Lipinski definition) is 2. The molecule has 66 valence electrons. The van der Waals surface area contributed by atoms with Crippen LogP contribution in [0.3, 0.4) is 0 Å². The topological polar surface area (TPSA) is 40.5 Å². The molecule has 3 aliphatic carbocycles. The van der Waals surface area contributed by atoms with Crippen LogP contribution in [0.5, 0.6) is 0 Å². The van der Waals surface area contributed by atoms with Crippen molar-refractivity contribution in [2.75, 3.05) is 0 Å². The fourth-order valence-corrected chi connectivity index (χ4v) is 3.53.